The second-order valence-corrected chi connectivity index (χ2v) is 14.9. The fraction of sp³-hybridized carbons (Fsp3) is 0.500. The van der Waals surface area contributed by atoms with Gasteiger partial charge in [0, 0.05) is 23.0 Å². The van der Waals surface area contributed by atoms with Gasteiger partial charge in [-0.3, -0.25) is 14.4 Å². The minimum atomic E-state index is -1.86. The highest BCUT2D eigenvalue weighted by atomic mass is 32.2. The number of hydrogen-bond donors (Lipinski definition) is 3. The molecule has 0 aliphatic rings. The maximum Gasteiger partial charge on any atom is 0.318 e. The van der Waals surface area contributed by atoms with Crippen molar-refractivity contribution in [2.45, 2.75) is 108 Å². The summed E-state index contributed by atoms with van der Waals surface area (Å²) in [5.74, 6) is -0.165. The molecule has 3 rings (SSSR count). The first-order chi connectivity index (χ1) is 27.4. The van der Waals surface area contributed by atoms with Gasteiger partial charge in [-0.2, -0.15) is 9.47 Å². The average Bonchev–Trinajstić information content (AvgIpc) is 3.22. The molecule has 4 atom stereocenters. The molecule has 3 N–H and O–H groups in total. The number of benzene rings is 3. The lowest BCUT2D eigenvalue weighted by atomic mass is 9.90. The number of nitriles is 1. The molecule has 322 valence electrons. The van der Waals surface area contributed by atoms with Crippen molar-refractivity contribution in [3.63, 3.8) is 0 Å². The number of esters is 2. The van der Waals surface area contributed by atoms with Gasteiger partial charge in [0.05, 0.1) is 17.9 Å². The van der Waals surface area contributed by atoms with Crippen LogP contribution in [0.5, 0.6) is 17.2 Å². The number of rotatable bonds is 18. The highest BCUT2D eigenvalue weighted by Crippen LogP contribution is 2.23. The van der Waals surface area contributed by atoms with Gasteiger partial charge in [-0.05, 0) is 69.4 Å². The summed E-state index contributed by atoms with van der Waals surface area (Å²) in [7, 11) is 0. The van der Waals surface area contributed by atoms with E-state index in [1.54, 1.807) is 32.9 Å². The molecule has 13 nitrogen and oxygen atoms in total. The quantitative estimate of drug-likeness (QED) is 0.0478. The largest absolute Gasteiger partial charge is 0.508 e. The fourth-order valence-electron chi connectivity index (χ4n) is 3.53. The third-order valence-corrected chi connectivity index (χ3v) is 9.43. The predicted molar refractivity (Wildman–Crippen MR) is 224 cm³/mol. The van der Waals surface area contributed by atoms with Crippen LogP contribution >= 0.6 is 0 Å². The second kappa shape index (κ2) is 30.2. The standard InChI is InChI=1S/C14H20O6.C13H19NO3S.C12H16O2.C5H9N/c1-3-10(2)14(17)18-6-7-19-20-9-11-4-5-12(15)8-13(11)16;1-5-13(3,4)12(15)14-18(16)17-11-8-6-10(2)7-9-11;1-3-10(2)12(13)14-9-11-7-5-4-6-8-11;1-3-5(2)4-6/h4-5,8,10,15-16H,3,6-7,9H2,1-2H3;6-9H,5H2,1-4H3,(H,14,15);4-8,10H,3,9H2,1-2H3;5H,3H2,1-2H3. The number of aromatic hydroxyl groups is 2. The SMILES string of the molecule is CCC(C)(C)C(=O)NS(=O)Oc1ccc(C)cc1.CCC(C)C#N.CCC(C)C(=O)OCCOOCc1ccc(O)cc1O.CCC(C)C(=O)OCc1ccccc1. The van der Waals surface area contributed by atoms with E-state index in [9.17, 15) is 23.7 Å². The maximum atomic E-state index is 11.8. The monoisotopic (exact) mass is 828 g/mol. The van der Waals surface area contributed by atoms with E-state index in [1.165, 1.54) is 18.2 Å². The van der Waals surface area contributed by atoms with Crippen LogP contribution in [0.1, 0.15) is 105 Å². The maximum absolute atomic E-state index is 11.8. The Kier molecular flexibility index (Phi) is 27.6. The Morgan fingerprint density at radius 3 is 1.88 bits per heavy atom. The Morgan fingerprint density at radius 1 is 0.793 bits per heavy atom. The predicted octanol–water partition coefficient (Wildman–Crippen LogP) is 8.97. The van der Waals surface area contributed by atoms with Gasteiger partial charge in [0.15, 0.2) is 0 Å². The zero-order valence-electron chi connectivity index (χ0n) is 35.7. The van der Waals surface area contributed by atoms with E-state index < -0.39 is 16.7 Å². The summed E-state index contributed by atoms with van der Waals surface area (Å²) < 4.78 is 29.2. The number of carbonyl (C=O) groups excluding carboxylic acids is 3. The Hall–Kier alpha value is -4.97. The average molecular weight is 829 g/mol. The Morgan fingerprint density at radius 2 is 1.38 bits per heavy atom. The van der Waals surface area contributed by atoms with E-state index in [4.69, 9.17) is 33.8 Å². The van der Waals surface area contributed by atoms with Crippen LogP contribution in [0.25, 0.3) is 0 Å². The highest BCUT2D eigenvalue weighted by Gasteiger charge is 2.27. The summed E-state index contributed by atoms with van der Waals surface area (Å²) in [6.45, 7) is 19.6. The summed E-state index contributed by atoms with van der Waals surface area (Å²) in [5, 5.41) is 26.7. The van der Waals surface area contributed by atoms with Crippen LogP contribution in [-0.2, 0) is 58.1 Å². The Labute approximate surface area is 347 Å². The molecule has 14 heteroatoms. The van der Waals surface area contributed by atoms with Gasteiger partial charge in [0.25, 0.3) is 0 Å². The first-order valence-electron chi connectivity index (χ1n) is 19.4. The zero-order valence-corrected chi connectivity index (χ0v) is 36.6. The van der Waals surface area contributed by atoms with E-state index in [0.717, 1.165) is 30.4 Å². The van der Waals surface area contributed by atoms with Crippen LogP contribution in [0.15, 0.2) is 72.8 Å². The van der Waals surface area contributed by atoms with E-state index in [2.05, 4.69) is 10.8 Å². The zero-order chi connectivity index (χ0) is 44.1. The van der Waals surface area contributed by atoms with Crippen LogP contribution in [0.4, 0.5) is 0 Å². The fourth-order valence-corrected chi connectivity index (χ4v) is 4.28. The number of aryl methyl sites for hydroxylation is 1. The molecule has 0 fully saturated rings. The molecular formula is C44H64N2O11S. The number of amides is 1. The topological polar surface area (TPSA) is 191 Å². The van der Waals surface area contributed by atoms with E-state index in [0.29, 0.717) is 24.3 Å². The molecule has 1 amide bonds. The molecule has 4 unspecified atom stereocenters. The highest BCUT2D eigenvalue weighted by molar-refractivity contribution is 7.79. The van der Waals surface area contributed by atoms with Crippen LogP contribution in [-0.4, -0.2) is 45.5 Å². The summed E-state index contributed by atoms with van der Waals surface area (Å²) in [5.41, 5.74) is 2.06. The number of phenols is 2. The minimum Gasteiger partial charge on any atom is -0.508 e. The lowest BCUT2D eigenvalue weighted by Gasteiger charge is -2.20. The number of ether oxygens (including phenoxy) is 2. The molecule has 0 spiro atoms. The normalized spacial score (nSPS) is 12.4. The van der Waals surface area contributed by atoms with E-state index in [-0.39, 0.29) is 66.9 Å². The van der Waals surface area contributed by atoms with Crippen LogP contribution in [0.2, 0.25) is 0 Å². The molecule has 0 saturated heterocycles. The molecule has 3 aromatic carbocycles. The van der Waals surface area contributed by atoms with Crippen LogP contribution < -0.4 is 8.91 Å². The molecule has 0 aromatic heterocycles. The first-order valence-corrected chi connectivity index (χ1v) is 20.5. The van der Waals surface area contributed by atoms with Gasteiger partial charge in [-0.25, -0.2) is 14.5 Å². The second-order valence-electron chi connectivity index (χ2n) is 14.0. The number of nitrogens with zero attached hydrogens (tertiary/aromatic N) is 1. The summed E-state index contributed by atoms with van der Waals surface area (Å²) >= 11 is -1.86. The van der Waals surface area contributed by atoms with Crippen molar-refractivity contribution < 1.29 is 52.2 Å². The molecule has 0 saturated carbocycles. The molecule has 3 aromatic rings. The van der Waals surface area contributed by atoms with E-state index in [1.807, 2.05) is 90.9 Å². The number of nitrogens with one attached hydrogen (secondary N) is 1. The van der Waals surface area contributed by atoms with Gasteiger partial charge in [-0.15, -0.1) is 0 Å². The number of carbonyl (C=O) groups is 3. The molecular weight excluding hydrogens is 765 g/mol. The Balaban J connectivity index is 0.000000793. The molecule has 58 heavy (non-hydrogen) atoms. The summed E-state index contributed by atoms with van der Waals surface area (Å²) in [6, 6.07) is 23.1. The third-order valence-electron chi connectivity index (χ3n) is 8.73. The van der Waals surface area contributed by atoms with Crippen molar-refractivity contribution in [3.05, 3.63) is 89.5 Å². The van der Waals surface area contributed by atoms with Gasteiger partial charge >= 0.3 is 23.2 Å². The lowest BCUT2D eigenvalue weighted by Crippen LogP contribution is -2.38. The summed E-state index contributed by atoms with van der Waals surface area (Å²) in [4.78, 5) is 44.1. The molecule has 0 aliphatic carbocycles. The van der Waals surface area contributed by atoms with Crippen molar-refractivity contribution in [2.24, 2.45) is 23.2 Å². The van der Waals surface area contributed by atoms with Crippen molar-refractivity contribution >= 4 is 29.1 Å². The molecule has 0 heterocycles. The lowest BCUT2D eigenvalue weighted by molar-refractivity contribution is -0.307. The first kappa shape index (κ1) is 53.0. The van der Waals surface area contributed by atoms with Gasteiger partial charge in [0.2, 0.25) is 5.91 Å². The van der Waals surface area contributed by atoms with Gasteiger partial charge in [-0.1, -0.05) is 103 Å². The van der Waals surface area contributed by atoms with Crippen molar-refractivity contribution in [1.29, 1.82) is 5.26 Å². The number of hydrogen-bond acceptors (Lipinski definition) is 12. The molecule has 0 aliphatic heterocycles. The van der Waals surface area contributed by atoms with Crippen LogP contribution in [0.3, 0.4) is 0 Å². The van der Waals surface area contributed by atoms with E-state index >= 15 is 0 Å². The van der Waals surface area contributed by atoms with Crippen molar-refractivity contribution in [1.82, 2.24) is 4.72 Å². The van der Waals surface area contributed by atoms with Crippen molar-refractivity contribution in [3.8, 4) is 23.3 Å². The Bertz CT molecular complexity index is 1680. The third kappa shape index (κ3) is 23.9. The number of phenolic OH excluding ortho intramolecular Hbond substituents is 2. The van der Waals surface area contributed by atoms with Gasteiger partial charge in [0.1, 0.15) is 43.7 Å². The molecule has 0 radical (unpaired) electrons. The van der Waals surface area contributed by atoms with Gasteiger partial charge < -0.3 is 23.9 Å². The minimum absolute atomic E-state index is 0.00119. The molecule has 0 bridgehead atoms. The smallest absolute Gasteiger partial charge is 0.318 e. The van der Waals surface area contributed by atoms with Crippen molar-refractivity contribution in [2.75, 3.05) is 13.2 Å². The van der Waals surface area contributed by atoms with Crippen LogP contribution in [0, 0.1) is 41.4 Å². The summed E-state index contributed by atoms with van der Waals surface area (Å²) in [6.07, 6.45) is 3.20.